The molecule has 78 valence electrons. The van der Waals surface area contributed by atoms with Gasteiger partial charge in [0.1, 0.15) is 12.4 Å². The van der Waals surface area contributed by atoms with Gasteiger partial charge in [0.15, 0.2) is 0 Å². The molecule has 0 aliphatic rings. The maximum atomic E-state index is 5.64. The highest BCUT2D eigenvalue weighted by molar-refractivity contribution is 14.1. The van der Waals surface area contributed by atoms with Crippen molar-refractivity contribution in [2.45, 2.75) is 13.0 Å². The topological polar surface area (TPSA) is 35.2 Å². The van der Waals surface area contributed by atoms with E-state index in [1.807, 2.05) is 6.92 Å². The van der Waals surface area contributed by atoms with E-state index in [2.05, 4.69) is 79.9 Å². The zero-order chi connectivity index (χ0) is 10.7. The summed E-state index contributed by atoms with van der Waals surface area (Å²) in [4.78, 5) is 0. The number of hydrogen-bond acceptors (Lipinski definition) is 2. The van der Waals surface area contributed by atoms with Gasteiger partial charge >= 0.3 is 0 Å². The Labute approximate surface area is 125 Å². The largest absolute Gasteiger partial charge is 0.490 e. The van der Waals surface area contributed by atoms with E-state index in [1.165, 1.54) is 3.57 Å². The summed E-state index contributed by atoms with van der Waals surface area (Å²) in [6.07, 6.45) is 0. The molecular weight excluding hydrogens is 519 g/mol. The third-order valence-electron chi connectivity index (χ3n) is 1.45. The van der Waals surface area contributed by atoms with Crippen molar-refractivity contribution < 1.29 is 4.74 Å². The predicted molar refractivity (Wildman–Crippen MR) is 83.7 cm³/mol. The number of rotatable bonds is 3. The Hall–Kier alpha value is 1.17. The summed E-state index contributed by atoms with van der Waals surface area (Å²) in [6.45, 7) is 2.50. The number of benzene rings is 1. The van der Waals surface area contributed by atoms with Crippen molar-refractivity contribution in [1.29, 1.82) is 0 Å². The van der Waals surface area contributed by atoms with Gasteiger partial charge < -0.3 is 10.5 Å². The molecule has 1 unspecified atom stereocenters. The van der Waals surface area contributed by atoms with Gasteiger partial charge in [-0.15, -0.1) is 0 Å². The van der Waals surface area contributed by atoms with E-state index in [9.17, 15) is 0 Å². The average molecular weight is 529 g/mol. The number of hydrogen-bond donors (Lipinski definition) is 1. The maximum Gasteiger partial charge on any atom is 0.146 e. The highest BCUT2D eigenvalue weighted by atomic mass is 127. The van der Waals surface area contributed by atoms with Crippen LogP contribution in [0.25, 0.3) is 0 Å². The molecule has 0 saturated heterocycles. The molecule has 1 atom stereocenters. The molecule has 0 heterocycles. The zero-order valence-electron chi connectivity index (χ0n) is 7.56. The highest BCUT2D eigenvalue weighted by Gasteiger charge is 2.08. The second kappa shape index (κ2) is 6.04. The van der Waals surface area contributed by atoms with Crippen LogP contribution in [-0.2, 0) is 0 Å². The number of ether oxygens (including phenoxy) is 1. The van der Waals surface area contributed by atoms with Crippen LogP contribution < -0.4 is 10.5 Å². The Morgan fingerprint density at radius 3 is 2.21 bits per heavy atom. The first-order valence-electron chi connectivity index (χ1n) is 4.03. The maximum absolute atomic E-state index is 5.64. The second-order valence-electron chi connectivity index (χ2n) is 2.99. The van der Waals surface area contributed by atoms with Gasteiger partial charge in [0.25, 0.3) is 0 Å². The van der Waals surface area contributed by atoms with Crippen LogP contribution in [0.1, 0.15) is 6.92 Å². The molecule has 0 aliphatic carbocycles. The molecule has 0 aliphatic heterocycles. The van der Waals surface area contributed by atoms with Crippen molar-refractivity contribution in [2.24, 2.45) is 5.73 Å². The van der Waals surface area contributed by atoms with Gasteiger partial charge in [-0.25, -0.2) is 0 Å². The lowest BCUT2D eigenvalue weighted by Gasteiger charge is -2.12. The van der Waals surface area contributed by atoms with Crippen LogP contribution in [-0.4, -0.2) is 12.6 Å². The first-order chi connectivity index (χ1) is 6.50. The normalized spacial score (nSPS) is 12.6. The fourth-order valence-corrected chi connectivity index (χ4v) is 4.78. The minimum atomic E-state index is 0.0703. The Kier molecular flexibility index (Phi) is 5.71. The third-order valence-corrected chi connectivity index (χ3v) is 3.68. The van der Waals surface area contributed by atoms with Crippen LogP contribution in [0.2, 0.25) is 0 Å². The van der Waals surface area contributed by atoms with Crippen LogP contribution in [0.4, 0.5) is 0 Å². The minimum Gasteiger partial charge on any atom is -0.490 e. The molecule has 0 spiro atoms. The quantitative estimate of drug-likeness (QED) is 0.612. The summed E-state index contributed by atoms with van der Waals surface area (Å²) in [5, 5.41) is 0. The van der Waals surface area contributed by atoms with E-state index in [-0.39, 0.29) is 6.04 Å². The van der Waals surface area contributed by atoms with Crippen molar-refractivity contribution in [3.05, 3.63) is 22.8 Å². The van der Waals surface area contributed by atoms with Crippen LogP contribution >= 0.6 is 67.8 Å². The molecule has 0 bridgehead atoms. The molecule has 0 amide bonds. The standard InChI is InChI=1S/C9H10I3NO/c1-5(13)4-14-9-7(11)2-6(10)3-8(9)12/h2-3,5H,4,13H2,1H3. The van der Waals surface area contributed by atoms with Crippen molar-refractivity contribution in [3.63, 3.8) is 0 Å². The molecule has 0 radical (unpaired) electrons. The summed E-state index contributed by atoms with van der Waals surface area (Å²) >= 11 is 6.87. The molecule has 14 heavy (non-hydrogen) atoms. The molecule has 1 rings (SSSR count). The Bertz CT molecular complexity index is 305. The van der Waals surface area contributed by atoms with Gasteiger partial charge in [0, 0.05) is 9.61 Å². The van der Waals surface area contributed by atoms with E-state index >= 15 is 0 Å². The molecular formula is C9H10I3NO. The molecule has 1 aromatic rings. The summed E-state index contributed by atoms with van der Waals surface area (Å²) in [7, 11) is 0. The lowest BCUT2D eigenvalue weighted by Crippen LogP contribution is -2.24. The molecule has 5 heteroatoms. The van der Waals surface area contributed by atoms with Gasteiger partial charge in [0.05, 0.1) is 7.14 Å². The molecule has 0 aromatic heterocycles. The third kappa shape index (κ3) is 3.97. The van der Waals surface area contributed by atoms with Gasteiger partial charge in [-0.3, -0.25) is 0 Å². The Morgan fingerprint density at radius 2 is 1.79 bits per heavy atom. The van der Waals surface area contributed by atoms with Crippen LogP contribution in [0.5, 0.6) is 5.75 Å². The van der Waals surface area contributed by atoms with E-state index in [4.69, 9.17) is 10.5 Å². The van der Waals surface area contributed by atoms with Crippen molar-refractivity contribution in [3.8, 4) is 5.75 Å². The first-order valence-corrected chi connectivity index (χ1v) is 7.27. The predicted octanol–water partition coefficient (Wildman–Crippen LogP) is 3.23. The van der Waals surface area contributed by atoms with Crippen LogP contribution in [0, 0.1) is 10.7 Å². The molecule has 1 aromatic carbocycles. The van der Waals surface area contributed by atoms with Crippen molar-refractivity contribution in [2.75, 3.05) is 6.61 Å². The van der Waals surface area contributed by atoms with Crippen LogP contribution in [0.3, 0.4) is 0 Å². The number of halogens is 3. The highest BCUT2D eigenvalue weighted by Crippen LogP contribution is 2.29. The van der Waals surface area contributed by atoms with E-state index < -0.39 is 0 Å². The lowest BCUT2D eigenvalue weighted by molar-refractivity contribution is 0.292. The fourth-order valence-electron chi connectivity index (χ4n) is 0.882. The summed E-state index contributed by atoms with van der Waals surface area (Å²) < 4.78 is 9.14. The monoisotopic (exact) mass is 529 g/mol. The Balaban J connectivity index is 2.86. The molecule has 2 N–H and O–H groups in total. The number of nitrogens with two attached hydrogens (primary N) is 1. The van der Waals surface area contributed by atoms with Crippen molar-refractivity contribution in [1.82, 2.24) is 0 Å². The van der Waals surface area contributed by atoms with Gasteiger partial charge in [-0.05, 0) is 86.8 Å². The Morgan fingerprint density at radius 1 is 1.29 bits per heavy atom. The van der Waals surface area contributed by atoms with Gasteiger partial charge in [-0.2, -0.15) is 0 Å². The van der Waals surface area contributed by atoms with E-state index in [0.29, 0.717) is 6.61 Å². The summed E-state index contributed by atoms with van der Waals surface area (Å²) in [5.41, 5.74) is 5.64. The summed E-state index contributed by atoms with van der Waals surface area (Å²) in [6, 6.07) is 4.26. The van der Waals surface area contributed by atoms with Gasteiger partial charge in [0.2, 0.25) is 0 Å². The smallest absolute Gasteiger partial charge is 0.146 e. The molecule has 2 nitrogen and oxygen atoms in total. The van der Waals surface area contributed by atoms with E-state index in [0.717, 1.165) is 12.9 Å². The van der Waals surface area contributed by atoms with Crippen molar-refractivity contribution >= 4 is 67.8 Å². The van der Waals surface area contributed by atoms with Gasteiger partial charge in [-0.1, -0.05) is 0 Å². The second-order valence-corrected chi connectivity index (χ2v) is 6.56. The summed E-state index contributed by atoms with van der Waals surface area (Å²) in [5.74, 6) is 0.948. The van der Waals surface area contributed by atoms with Crippen LogP contribution in [0.15, 0.2) is 12.1 Å². The first kappa shape index (κ1) is 13.2. The fraction of sp³-hybridized carbons (Fsp3) is 0.333. The lowest BCUT2D eigenvalue weighted by atomic mass is 10.3. The minimum absolute atomic E-state index is 0.0703. The molecule has 0 fully saturated rings. The zero-order valence-corrected chi connectivity index (χ0v) is 14.0. The molecule has 0 saturated carbocycles. The average Bonchev–Trinajstić information content (AvgIpc) is 2.01. The SMILES string of the molecule is CC(N)COc1c(I)cc(I)cc1I. The van der Waals surface area contributed by atoms with E-state index in [1.54, 1.807) is 0 Å².